The van der Waals surface area contributed by atoms with Crippen LogP contribution in [0.25, 0.3) is 0 Å². The van der Waals surface area contributed by atoms with Crippen molar-refractivity contribution in [1.29, 1.82) is 0 Å². The largest absolute Gasteiger partial charge is 0.489 e. The molecular formula is C12H12Cl2F2O3. The number of halogens is 4. The van der Waals surface area contributed by atoms with Crippen LogP contribution in [0.4, 0.5) is 8.78 Å². The van der Waals surface area contributed by atoms with Crippen LogP contribution in [0.5, 0.6) is 11.5 Å². The van der Waals surface area contributed by atoms with E-state index in [2.05, 4.69) is 4.74 Å². The Morgan fingerprint density at radius 1 is 1.37 bits per heavy atom. The average Bonchev–Trinajstić information content (AvgIpc) is 2.31. The summed E-state index contributed by atoms with van der Waals surface area (Å²) in [4.78, 5) is 10.9. The molecule has 0 fully saturated rings. The van der Waals surface area contributed by atoms with Crippen LogP contribution >= 0.6 is 23.2 Å². The van der Waals surface area contributed by atoms with Crippen LogP contribution in [0, 0.1) is 5.92 Å². The minimum absolute atomic E-state index is 0.0316. The molecule has 0 heterocycles. The second kappa shape index (κ2) is 6.91. The van der Waals surface area contributed by atoms with Gasteiger partial charge in [-0.1, -0.05) is 37.0 Å². The normalized spacial score (nSPS) is 10.9. The molecule has 1 aromatic rings. The van der Waals surface area contributed by atoms with Gasteiger partial charge in [-0.3, -0.25) is 4.79 Å². The Morgan fingerprint density at radius 2 is 2.00 bits per heavy atom. The SMILES string of the molecule is CC(C)COc1cc(Cl)c(Cl)c(C=O)c1OC(F)F. The molecule has 0 N–H and O–H groups in total. The highest BCUT2D eigenvalue weighted by molar-refractivity contribution is 6.43. The molecule has 0 saturated heterocycles. The summed E-state index contributed by atoms with van der Waals surface area (Å²) in [6, 6.07) is 1.25. The molecule has 0 radical (unpaired) electrons. The van der Waals surface area contributed by atoms with E-state index in [0.717, 1.165) is 0 Å². The van der Waals surface area contributed by atoms with Crippen molar-refractivity contribution < 1.29 is 23.0 Å². The van der Waals surface area contributed by atoms with Crippen LogP contribution in [0.3, 0.4) is 0 Å². The molecule has 19 heavy (non-hydrogen) atoms. The number of hydrogen-bond acceptors (Lipinski definition) is 3. The minimum Gasteiger partial charge on any atom is -0.489 e. The predicted molar refractivity (Wildman–Crippen MR) is 68.8 cm³/mol. The summed E-state index contributed by atoms with van der Waals surface area (Å²) in [7, 11) is 0. The van der Waals surface area contributed by atoms with E-state index in [4.69, 9.17) is 27.9 Å². The van der Waals surface area contributed by atoms with Crippen LogP contribution in [-0.2, 0) is 0 Å². The summed E-state index contributed by atoms with van der Waals surface area (Å²) >= 11 is 11.6. The summed E-state index contributed by atoms with van der Waals surface area (Å²) in [6.45, 7) is 0.922. The second-order valence-electron chi connectivity index (χ2n) is 4.11. The molecule has 0 unspecified atom stereocenters. The van der Waals surface area contributed by atoms with Gasteiger partial charge in [0.2, 0.25) is 0 Å². The molecule has 0 aliphatic carbocycles. The molecule has 0 saturated carbocycles. The average molecular weight is 313 g/mol. The van der Waals surface area contributed by atoms with Crippen molar-refractivity contribution in [1.82, 2.24) is 0 Å². The molecule has 3 nitrogen and oxygen atoms in total. The molecule has 0 atom stereocenters. The Balaban J connectivity index is 3.25. The standard InChI is InChI=1S/C12H12Cl2F2O3/c1-6(2)5-18-9-3-8(13)10(14)7(4-17)11(9)19-12(15)16/h3-4,6,12H,5H2,1-2H3. The fourth-order valence-electron chi connectivity index (χ4n) is 1.28. The van der Waals surface area contributed by atoms with Crippen molar-refractivity contribution in [2.75, 3.05) is 6.61 Å². The van der Waals surface area contributed by atoms with Crippen LogP contribution in [0.2, 0.25) is 10.0 Å². The Labute approximate surface area is 119 Å². The van der Waals surface area contributed by atoms with Crippen molar-refractivity contribution in [2.24, 2.45) is 5.92 Å². The predicted octanol–water partition coefficient (Wildman–Crippen LogP) is 4.44. The van der Waals surface area contributed by atoms with E-state index in [9.17, 15) is 13.6 Å². The first-order valence-corrected chi connectivity index (χ1v) is 6.17. The van der Waals surface area contributed by atoms with Gasteiger partial charge in [0.05, 0.1) is 22.2 Å². The smallest absolute Gasteiger partial charge is 0.387 e. The Morgan fingerprint density at radius 3 is 2.47 bits per heavy atom. The number of hydrogen-bond donors (Lipinski definition) is 0. The second-order valence-corrected chi connectivity index (χ2v) is 4.90. The molecule has 0 aliphatic rings. The van der Waals surface area contributed by atoms with Gasteiger partial charge < -0.3 is 9.47 Å². The lowest BCUT2D eigenvalue weighted by molar-refractivity contribution is -0.0518. The summed E-state index contributed by atoms with van der Waals surface area (Å²) in [5, 5.41) is -0.117. The zero-order valence-corrected chi connectivity index (χ0v) is 11.8. The van der Waals surface area contributed by atoms with E-state index < -0.39 is 12.4 Å². The molecule has 106 valence electrons. The van der Waals surface area contributed by atoms with Crippen molar-refractivity contribution in [3.63, 3.8) is 0 Å². The molecule has 1 aromatic carbocycles. The third kappa shape index (κ3) is 4.21. The van der Waals surface area contributed by atoms with E-state index in [1.165, 1.54) is 6.07 Å². The van der Waals surface area contributed by atoms with Gasteiger partial charge in [-0.25, -0.2) is 0 Å². The maximum Gasteiger partial charge on any atom is 0.387 e. The van der Waals surface area contributed by atoms with Gasteiger partial charge in [-0.2, -0.15) is 8.78 Å². The molecule has 0 amide bonds. The zero-order valence-electron chi connectivity index (χ0n) is 10.3. The van der Waals surface area contributed by atoms with E-state index >= 15 is 0 Å². The van der Waals surface area contributed by atoms with Crippen molar-refractivity contribution in [2.45, 2.75) is 20.5 Å². The maximum absolute atomic E-state index is 12.4. The molecule has 0 bridgehead atoms. The van der Waals surface area contributed by atoms with E-state index in [-0.39, 0.29) is 33.9 Å². The highest BCUT2D eigenvalue weighted by atomic mass is 35.5. The van der Waals surface area contributed by atoms with Crippen LogP contribution in [0.15, 0.2) is 6.07 Å². The van der Waals surface area contributed by atoms with Gasteiger partial charge in [0.15, 0.2) is 17.8 Å². The van der Waals surface area contributed by atoms with Gasteiger partial charge in [0.25, 0.3) is 0 Å². The highest BCUT2D eigenvalue weighted by Crippen LogP contribution is 2.41. The number of rotatable bonds is 6. The quantitative estimate of drug-likeness (QED) is 0.728. The molecule has 0 spiro atoms. The number of carbonyl (C=O) groups is 1. The molecule has 0 aliphatic heterocycles. The molecule has 0 aromatic heterocycles. The summed E-state index contributed by atoms with van der Waals surface area (Å²) in [6.07, 6.45) is 0.300. The highest BCUT2D eigenvalue weighted by Gasteiger charge is 2.21. The van der Waals surface area contributed by atoms with Crippen molar-refractivity contribution in [3.05, 3.63) is 21.7 Å². The Hall–Kier alpha value is -1.07. The topological polar surface area (TPSA) is 35.5 Å². The lowest BCUT2D eigenvalue weighted by atomic mass is 10.2. The summed E-state index contributed by atoms with van der Waals surface area (Å²) in [5.74, 6) is -0.279. The zero-order chi connectivity index (χ0) is 14.6. The van der Waals surface area contributed by atoms with Crippen LogP contribution in [0.1, 0.15) is 24.2 Å². The van der Waals surface area contributed by atoms with E-state index in [1.807, 2.05) is 13.8 Å². The number of aldehydes is 1. The van der Waals surface area contributed by atoms with Gasteiger partial charge in [-0.05, 0) is 5.92 Å². The Kier molecular flexibility index (Phi) is 5.82. The Bertz CT molecular complexity index is 465. The van der Waals surface area contributed by atoms with Crippen molar-refractivity contribution >= 4 is 29.5 Å². The van der Waals surface area contributed by atoms with Crippen molar-refractivity contribution in [3.8, 4) is 11.5 Å². The first kappa shape index (κ1) is 16.0. The fourth-order valence-corrected chi connectivity index (χ4v) is 1.67. The third-order valence-electron chi connectivity index (χ3n) is 2.07. The number of alkyl halides is 2. The first-order chi connectivity index (χ1) is 8.86. The monoisotopic (exact) mass is 312 g/mol. The minimum atomic E-state index is -3.10. The molecule has 7 heteroatoms. The van der Waals surface area contributed by atoms with Crippen LogP contribution < -0.4 is 9.47 Å². The number of benzene rings is 1. The number of carbonyl (C=O) groups excluding carboxylic acids is 1. The van der Waals surface area contributed by atoms with Gasteiger partial charge in [0.1, 0.15) is 0 Å². The lowest BCUT2D eigenvalue weighted by Gasteiger charge is -2.16. The molecule has 1 rings (SSSR count). The van der Waals surface area contributed by atoms with Crippen LogP contribution in [-0.4, -0.2) is 19.5 Å². The number of ether oxygens (including phenoxy) is 2. The third-order valence-corrected chi connectivity index (χ3v) is 2.87. The van der Waals surface area contributed by atoms with Gasteiger partial charge in [-0.15, -0.1) is 0 Å². The van der Waals surface area contributed by atoms with E-state index in [1.54, 1.807) is 0 Å². The molecular weight excluding hydrogens is 301 g/mol. The maximum atomic E-state index is 12.4. The van der Waals surface area contributed by atoms with Gasteiger partial charge in [0, 0.05) is 6.07 Å². The van der Waals surface area contributed by atoms with E-state index in [0.29, 0.717) is 6.29 Å². The first-order valence-electron chi connectivity index (χ1n) is 5.41. The lowest BCUT2D eigenvalue weighted by Crippen LogP contribution is -2.10. The summed E-state index contributed by atoms with van der Waals surface area (Å²) < 4.78 is 34.4. The summed E-state index contributed by atoms with van der Waals surface area (Å²) in [5.41, 5.74) is -0.256. The van der Waals surface area contributed by atoms with Gasteiger partial charge >= 0.3 is 6.61 Å². The fraction of sp³-hybridized carbons (Fsp3) is 0.417.